The average Bonchev–Trinajstić information content (AvgIpc) is 2.66. The molecule has 1 aliphatic carbocycles. The van der Waals surface area contributed by atoms with Crippen LogP contribution < -0.4 is 10.0 Å². The van der Waals surface area contributed by atoms with E-state index >= 15 is 0 Å². The Morgan fingerprint density at radius 2 is 1.92 bits per heavy atom. The Morgan fingerprint density at radius 1 is 1.23 bits per heavy atom. The van der Waals surface area contributed by atoms with Crippen LogP contribution in [0.2, 0.25) is 0 Å². The SMILES string of the molecule is CNS(=O)(=O)c1cccc(C(=O)OC(C)C(=O)NCC2CCCCC2)c1. The third kappa shape index (κ3) is 5.54. The van der Waals surface area contributed by atoms with Crippen molar-refractivity contribution in [2.75, 3.05) is 13.6 Å². The van der Waals surface area contributed by atoms with Crippen molar-refractivity contribution in [1.82, 2.24) is 10.0 Å². The fourth-order valence-electron chi connectivity index (χ4n) is 2.97. The molecule has 1 atom stereocenters. The Hall–Kier alpha value is -1.93. The molecular weight excluding hydrogens is 356 g/mol. The lowest BCUT2D eigenvalue weighted by Gasteiger charge is -2.22. The van der Waals surface area contributed by atoms with E-state index in [2.05, 4.69) is 10.0 Å². The van der Waals surface area contributed by atoms with Gasteiger partial charge in [-0.1, -0.05) is 25.3 Å². The molecule has 1 aromatic rings. The first-order valence-corrected chi connectivity index (χ1v) is 10.3. The van der Waals surface area contributed by atoms with Crippen LogP contribution in [-0.2, 0) is 19.6 Å². The molecule has 1 amide bonds. The molecule has 0 radical (unpaired) electrons. The Morgan fingerprint density at radius 3 is 2.58 bits per heavy atom. The molecule has 1 saturated carbocycles. The van der Waals surface area contributed by atoms with Crippen molar-refractivity contribution in [1.29, 1.82) is 0 Å². The molecule has 144 valence electrons. The maximum atomic E-state index is 12.2. The van der Waals surface area contributed by atoms with Crippen LogP contribution >= 0.6 is 0 Å². The molecule has 1 aliphatic rings. The number of carbonyl (C=O) groups is 2. The number of sulfonamides is 1. The van der Waals surface area contributed by atoms with Crippen molar-refractivity contribution in [2.24, 2.45) is 5.92 Å². The molecule has 1 aromatic carbocycles. The van der Waals surface area contributed by atoms with Gasteiger partial charge in [0.2, 0.25) is 10.0 Å². The summed E-state index contributed by atoms with van der Waals surface area (Å²) >= 11 is 0. The summed E-state index contributed by atoms with van der Waals surface area (Å²) in [7, 11) is -2.37. The highest BCUT2D eigenvalue weighted by atomic mass is 32.2. The molecule has 0 aliphatic heterocycles. The first-order valence-electron chi connectivity index (χ1n) is 8.86. The van der Waals surface area contributed by atoms with Gasteiger partial charge in [0.1, 0.15) is 0 Å². The quantitative estimate of drug-likeness (QED) is 0.701. The van der Waals surface area contributed by atoms with Crippen LogP contribution in [0.4, 0.5) is 0 Å². The number of carbonyl (C=O) groups excluding carboxylic acids is 2. The second-order valence-corrected chi connectivity index (χ2v) is 8.42. The number of amides is 1. The monoisotopic (exact) mass is 382 g/mol. The molecule has 26 heavy (non-hydrogen) atoms. The van der Waals surface area contributed by atoms with Gasteiger partial charge in [0.15, 0.2) is 6.10 Å². The minimum Gasteiger partial charge on any atom is -0.449 e. The van der Waals surface area contributed by atoms with Crippen LogP contribution in [0, 0.1) is 5.92 Å². The number of nitrogens with one attached hydrogen (secondary N) is 2. The zero-order valence-corrected chi connectivity index (χ0v) is 16.0. The summed E-state index contributed by atoms with van der Waals surface area (Å²) in [6.07, 6.45) is 4.91. The summed E-state index contributed by atoms with van der Waals surface area (Å²) in [6, 6.07) is 5.50. The Kier molecular flexibility index (Phi) is 7.16. The third-order valence-electron chi connectivity index (χ3n) is 4.59. The first-order chi connectivity index (χ1) is 12.3. The molecular formula is C18H26N2O5S. The van der Waals surface area contributed by atoms with E-state index in [1.807, 2.05) is 0 Å². The van der Waals surface area contributed by atoms with Crippen molar-refractivity contribution >= 4 is 21.9 Å². The van der Waals surface area contributed by atoms with Gasteiger partial charge in [-0.2, -0.15) is 0 Å². The van der Waals surface area contributed by atoms with Gasteiger partial charge >= 0.3 is 5.97 Å². The number of rotatable bonds is 7. The molecule has 8 heteroatoms. The lowest BCUT2D eigenvalue weighted by Crippen LogP contribution is -2.38. The van der Waals surface area contributed by atoms with E-state index in [0.29, 0.717) is 12.5 Å². The normalized spacial score (nSPS) is 16.7. The molecule has 2 rings (SSSR count). The molecule has 0 spiro atoms. The predicted molar refractivity (Wildman–Crippen MR) is 97.1 cm³/mol. The number of ether oxygens (including phenoxy) is 1. The van der Waals surface area contributed by atoms with E-state index in [1.54, 1.807) is 0 Å². The van der Waals surface area contributed by atoms with Crippen LogP contribution in [0.5, 0.6) is 0 Å². The third-order valence-corrected chi connectivity index (χ3v) is 6.00. The van der Waals surface area contributed by atoms with E-state index in [4.69, 9.17) is 4.74 Å². The number of benzene rings is 1. The van der Waals surface area contributed by atoms with E-state index < -0.39 is 22.1 Å². The lowest BCUT2D eigenvalue weighted by atomic mass is 9.89. The highest BCUT2D eigenvalue weighted by Gasteiger charge is 2.22. The zero-order chi connectivity index (χ0) is 19.2. The molecule has 2 N–H and O–H groups in total. The summed E-state index contributed by atoms with van der Waals surface area (Å²) in [4.78, 5) is 24.3. The highest BCUT2D eigenvalue weighted by molar-refractivity contribution is 7.89. The minimum atomic E-state index is -3.66. The standard InChI is InChI=1S/C18H26N2O5S/c1-13(17(21)20-12-14-7-4-3-5-8-14)25-18(22)15-9-6-10-16(11-15)26(23,24)19-2/h6,9-11,13-14,19H,3-5,7-8,12H2,1-2H3,(H,20,21). The van der Waals surface area contributed by atoms with E-state index in [9.17, 15) is 18.0 Å². The fourth-order valence-corrected chi connectivity index (χ4v) is 3.75. The van der Waals surface area contributed by atoms with Crippen LogP contribution in [0.15, 0.2) is 29.2 Å². The van der Waals surface area contributed by atoms with Crippen molar-refractivity contribution < 1.29 is 22.7 Å². The van der Waals surface area contributed by atoms with Crippen molar-refractivity contribution in [3.05, 3.63) is 29.8 Å². The largest absolute Gasteiger partial charge is 0.449 e. The Balaban J connectivity index is 1.91. The fraction of sp³-hybridized carbons (Fsp3) is 0.556. The topological polar surface area (TPSA) is 102 Å². The van der Waals surface area contributed by atoms with Gasteiger partial charge in [0.25, 0.3) is 5.91 Å². The van der Waals surface area contributed by atoms with Gasteiger partial charge < -0.3 is 10.1 Å². The van der Waals surface area contributed by atoms with Gasteiger partial charge in [0, 0.05) is 6.54 Å². The summed E-state index contributed by atoms with van der Waals surface area (Å²) in [5.41, 5.74) is 0.0771. The van der Waals surface area contributed by atoms with Crippen LogP contribution in [0.1, 0.15) is 49.4 Å². The van der Waals surface area contributed by atoms with Gasteiger partial charge in [-0.3, -0.25) is 4.79 Å². The molecule has 1 fully saturated rings. The van der Waals surface area contributed by atoms with E-state index in [0.717, 1.165) is 12.8 Å². The van der Waals surface area contributed by atoms with Crippen LogP contribution in [0.25, 0.3) is 0 Å². The Bertz CT molecular complexity index is 742. The molecule has 7 nitrogen and oxygen atoms in total. The summed E-state index contributed by atoms with van der Waals surface area (Å²) in [5, 5.41) is 2.83. The zero-order valence-electron chi connectivity index (χ0n) is 15.2. The predicted octanol–water partition coefficient (Wildman–Crippen LogP) is 1.84. The molecule has 1 unspecified atom stereocenters. The first kappa shape index (κ1) is 20.4. The number of esters is 1. The molecule has 0 bridgehead atoms. The van der Waals surface area contributed by atoms with Crippen molar-refractivity contribution in [3.63, 3.8) is 0 Å². The second kappa shape index (κ2) is 9.14. The Labute approximate surface area is 154 Å². The lowest BCUT2D eigenvalue weighted by molar-refractivity contribution is -0.129. The number of hydrogen-bond donors (Lipinski definition) is 2. The van der Waals surface area contributed by atoms with E-state index in [-0.39, 0.29) is 16.4 Å². The number of hydrogen-bond acceptors (Lipinski definition) is 5. The van der Waals surface area contributed by atoms with Gasteiger partial charge in [-0.15, -0.1) is 0 Å². The second-order valence-electron chi connectivity index (χ2n) is 6.53. The van der Waals surface area contributed by atoms with Crippen molar-refractivity contribution in [3.8, 4) is 0 Å². The van der Waals surface area contributed by atoms with Gasteiger partial charge in [-0.05, 0) is 50.9 Å². The smallest absolute Gasteiger partial charge is 0.338 e. The minimum absolute atomic E-state index is 0.0381. The summed E-state index contributed by atoms with van der Waals surface area (Å²) in [6.45, 7) is 2.10. The van der Waals surface area contributed by atoms with Gasteiger partial charge in [-0.25, -0.2) is 17.9 Å². The van der Waals surface area contributed by atoms with E-state index in [1.165, 1.54) is 57.5 Å². The summed E-state index contributed by atoms with van der Waals surface area (Å²) in [5.74, 6) is -0.597. The summed E-state index contributed by atoms with van der Waals surface area (Å²) < 4.78 is 31.0. The maximum Gasteiger partial charge on any atom is 0.338 e. The molecule has 0 heterocycles. The average molecular weight is 382 g/mol. The molecule has 0 aromatic heterocycles. The van der Waals surface area contributed by atoms with Gasteiger partial charge in [0.05, 0.1) is 10.5 Å². The van der Waals surface area contributed by atoms with Crippen LogP contribution in [-0.4, -0.2) is 40.0 Å². The van der Waals surface area contributed by atoms with Crippen LogP contribution in [0.3, 0.4) is 0 Å². The van der Waals surface area contributed by atoms with Crippen molar-refractivity contribution in [2.45, 2.75) is 50.0 Å². The highest BCUT2D eigenvalue weighted by Crippen LogP contribution is 2.22. The maximum absolute atomic E-state index is 12.2. The molecule has 0 saturated heterocycles.